The number of fused-ring (bicyclic) bond motifs is 1. The van der Waals surface area contributed by atoms with E-state index in [1.54, 1.807) is 31.3 Å². The van der Waals surface area contributed by atoms with Gasteiger partial charge in [-0.25, -0.2) is 4.98 Å². The molecule has 2 unspecified atom stereocenters. The van der Waals surface area contributed by atoms with E-state index in [1.807, 2.05) is 30.3 Å². The summed E-state index contributed by atoms with van der Waals surface area (Å²) < 4.78 is 17.7. The predicted molar refractivity (Wildman–Crippen MR) is 90.4 cm³/mol. The third kappa shape index (κ3) is 3.45. The van der Waals surface area contributed by atoms with Crippen molar-refractivity contribution < 1.29 is 14.0 Å². The molecular weight excluding hydrogens is 313 g/mol. The van der Waals surface area contributed by atoms with E-state index in [0.29, 0.717) is 11.5 Å². The number of nitrogens with one attached hydrogen (secondary N) is 2. The number of pyridine rings is 1. The van der Waals surface area contributed by atoms with Crippen molar-refractivity contribution in [1.82, 2.24) is 9.97 Å². The van der Waals surface area contributed by atoms with Crippen molar-refractivity contribution in [2.45, 2.75) is 12.7 Å². The first-order valence-electron chi connectivity index (χ1n) is 7.32. The largest absolute Gasteiger partial charge is 0.356 e. The van der Waals surface area contributed by atoms with E-state index < -0.39 is 13.4 Å². The van der Waals surface area contributed by atoms with Crippen LogP contribution in [0.3, 0.4) is 0 Å². The molecule has 0 saturated carbocycles. The van der Waals surface area contributed by atoms with Crippen LogP contribution in [0.4, 0.5) is 5.82 Å². The maximum Gasteiger partial charge on any atom is 0.356 e. The summed E-state index contributed by atoms with van der Waals surface area (Å²) in [7, 11) is -3.93. The first kappa shape index (κ1) is 15.7. The van der Waals surface area contributed by atoms with Gasteiger partial charge < -0.3 is 19.7 Å². The maximum atomic E-state index is 12.6. The summed E-state index contributed by atoms with van der Waals surface area (Å²) in [5.41, 5.74) is 1.47. The summed E-state index contributed by atoms with van der Waals surface area (Å²) in [5, 5.41) is 3.97. The zero-order valence-corrected chi connectivity index (χ0v) is 13.5. The lowest BCUT2D eigenvalue weighted by Crippen LogP contribution is -2.14. The summed E-state index contributed by atoms with van der Waals surface area (Å²) in [6, 6.07) is 14.9. The number of nitrogens with zero attached hydrogens (tertiary/aromatic N) is 1. The van der Waals surface area contributed by atoms with Gasteiger partial charge in [-0.15, -0.1) is 0 Å². The lowest BCUT2D eigenvalue weighted by Gasteiger charge is -2.23. The Morgan fingerprint density at radius 3 is 2.78 bits per heavy atom. The quantitative estimate of drug-likeness (QED) is 0.596. The number of anilines is 1. The van der Waals surface area contributed by atoms with E-state index in [0.717, 1.165) is 10.9 Å². The van der Waals surface area contributed by atoms with Crippen LogP contribution in [0, 0.1) is 0 Å². The average Bonchev–Trinajstić information content (AvgIpc) is 2.97. The van der Waals surface area contributed by atoms with Gasteiger partial charge >= 0.3 is 7.60 Å². The Balaban J connectivity index is 2.02. The number of H-pyrrole nitrogens is 1. The van der Waals surface area contributed by atoms with Gasteiger partial charge in [-0.05, 0) is 36.6 Å². The van der Waals surface area contributed by atoms with Crippen LogP contribution >= 0.6 is 7.60 Å². The Bertz CT molecular complexity index is 802. The first-order chi connectivity index (χ1) is 11.1. The molecule has 0 aliphatic rings. The van der Waals surface area contributed by atoms with Gasteiger partial charge in [-0.3, -0.25) is 4.57 Å². The number of aromatic amines is 1. The van der Waals surface area contributed by atoms with E-state index in [-0.39, 0.29) is 6.61 Å². The number of rotatable bonds is 6. The van der Waals surface area contributed by atoms with Crippen molar-refractivity contribution >= 4 is 24.3 Å². The monoisotopic (exact) mass is 331 g/mol. The second-order valence-electron chi connectivity index (χ2n) is 5.06. The van der Waals surface area contributed by atoms with Gasteiger partial charge in [0.25, 0.3) is 0 Å². The average molecular weight is 331 g/mol. The van der Waals surface area contributed by atoms with Gasteiger partial charge in [0, 0.05) is 11.7 Å². The number of para-hydroxylation sites is 1. The summed E-state index contributed by atoms with van der Waals surface area (Å²) >= 11 is 0. The molecule has 0 aliphatic carbocycles. The van der Waals surface area contributed by atoms with E-state index in [1.165, 1.54) is 0 Å². The number of benzene rings is 1. The molecule has 2 heterocycles. The van der Waals surface area contributed by atoms with Gasteiger partial charge in [0.2, 0.25) is 0 Å². The Morgan fingerprint density at radius 1 is 1.30 bits per heavy atom. The molecule has 1 aromatic carbocycles. The maximum absolute atomic E-state index is 12.6. The van der Waals surface area contributed by atoms with Crippen LogP contribution < -0.4 is 5.32 Å². The number of hydrogen-bond acceptors (Lipinski definition) is 4. The molecule has 23 heavy (non-hydrogen) atoms. The molecule has 0 aliphatic heterocycles. The van der Waals surface area contributed by atoms with Crippen molar-refractivity contribution in [2.75, 3.05) is 11.9 Å². The molecule has 0 spiro atoms. The van der Waals surface area contributed by atoms with Gasteiger partial charge in [-0.2, -0.15) is 0 Å². The fraction of sp³-hybridized carbons (Fsp3) is 0.188. The summed E-state index contributed by atoms with van der Waals surface area (Å²) in [5.74, 6) is -0.421. The second-order valence-corrected chi connectivity index (χ2v) is 6.96. The zero-order valence-electron chi connectivity index (χ0n) is 12.6. The minimum atomic E-state index is -3.93. The lowest BCUT2D eigenvalue weighted by atomic mass is 10.2. The van der Waals surface area contributed by atoms with Crippen LogP contribution in [0.2, 0.25) is 0 Å². The first-order valence-corrected chi connectivity index (χ1v) is 8.97. The van der Waals surface area contributed by atoms with E-state index in [4.69, 9.17) is 4.52 Å². The zero-order chi connectivity index (χ0) is 16.3. The number of hydrogen-bond donors (Lipinski definition) is 3. The van der Waals surface area contributed by atoms with Gasteiger partial charge in [0.05, 0.1) is 12.3 Å². The Morgan fingerprint density at radius 2 is 2.09 bits per heavy atom. The standard InChI is InChI=1S/C16H18N3O3P/c1-2-22-23(20,21)16(19-15-9-5-6-10-17-15)14-11-12-7-3-4-8-13(12)18-14/h3-11,16,18H,2H2,1H3,(H,17,19)(H,20,21). The fourth-order valence-electron chi connectivity index (χ4n) is 2.43. The van der Waals surface area contributed by atoms with Crippen LogP contribution in [0.25, 0.3) is 10.9 Å². The normalized spacial score (nSPS) is 15.2. The van der Waals surface area contributed by atoms with Gasteiger partial charge in [0.15, 0.2) is 5.78 Å². The highest BCUT2D eigenvalue weighted by molar-refractivity contribution is 7.53. The van der Waals surface area contributed by atoms with Crippen LogP contribution in [-0.4, -0.2) is 21.5 Å². The molecule has 0 fully saturated rings. The molecule has 120 valence electrons. The fourth-order valence-corrected chi connectivity index (χ4v) is 3.73. The SMILES string of the molecule is CCOP(=O)(O)C(Nc1ccccn1)c1cc2ccccc2[nH]1. The van der Waals surface area contributed by atoms with Crippen molar-refractivity contribution in [1.29, 1.82) is 0 Å². The van der Waals surface area contributed by atoms with E-state index in [9.17, 15) is 9.46 Å². The second kappa shape index (κ2) is 6.54. The minimum Gasteiger partial charge on any atom is -0.356 e. The van der Waals surface area contributed by atoms with Crippen LogP contribution in [0.15, 0.2) is 54.7 Å². The molecule has 0 bridgehead atoms. The van der Waals surface area contributed by atoms with Gasteiger partial charge in [0.1, 0.15) is 5.82 Å². The smallest absolute Gasteiger partial charge is 0.356 e. The molecule has 3 N–H and O–H groups in total. The molecule has 0 saturated heterocycles. The van der Waals surface area contributed by atoms with E-state index in [2.05, 4.69) is 15.3 Å². The van der Waals surface area contributed by atoms with Crippen molar-refractivity contribution in [3.05, 3.63) is 60.4 Å². The summed E-state index contributed by atoms with van der Waals surface area (Å²) in [6.45, 7) is 1.83. The Kier molecular flexibility index (Phi) is 4.48. The highest BCUT2D eigenvalue weighted by Crippen LogP contribution is 2.56. The molecule has 7 heteroatoms. The minimum absolute atomic E-state index is 0.147. The highest BCUT2D eigenvalue weighted by atomic mass is 31.2. The van der Waals surface area contributed by atoms with Gasteiger partial charge in [-0.1, -0.05) is 24.3 Å². The van der Waals surface area contributed by atoms with E-state index >= 15 is 0 Å². The molecule has 0 amide bonds. The van der Waals surface area contributed by atoms with Crippen molar-refractivity contribution in [3.63, 3.8) is 0 Å². The molecule has 3 rings (SSSR count). The molecule has 6 nitrogen and oxygen atoms in total. The van der Waals surface area contributed by atoms with Crippen LogP contribution in [0.1, 0.15) is 18.4 Å². The van der Waals surface area contributed by atoms with Crippen molar-refractivity contribution in [3.8, 4) is 0 Å². The molecule has 2 aromatic heterocycles. The molecular formula is C16H18N3O3P. The molecule has 0 radical (unpaired) electrons. The lowest BCUT2D eigenvalue weighted by molar-refractivity contribution is 0.266. The van der Waals surface area contributed by atoms with Crippen LogP contribution in [-0.2, 0) is 9.09 Å². The van der Waals surface area contributed by atoms with Crippen molar-refractivity contribution in [2.24, 2.45) is 0 Å². The molecule has 2 atom stereocenters. The summed E-state index contributed by atoms with van der Waals surface area (Å²) in [6.07, 6.45) is 1.62. The Labute approximate surface area is 134 Å². The third-order valence-corrected chi connectivity index (χ3v) is 5.12. The highest BCUT2D eigenvalue weighted by Gasteiger charge is 2.35. The third-order valence-electron chi connectivity index (χ3n) is 3.44. The number of aromatic nitrogens is 2. The predicted octanol–water partition coefficient (Wildman–Crippen LogP) is 3.90. The molecule has 3 aromatic rings. The topological polar surface area (TPSA) is 87.2 Å². The Hall–Kier alpha value is -2.14. The summed E-state index contributed by atoms with van der Waals surface area (Å²) in [4.78, 5) is 17.7. The van der Waals surface area contributed by atoms with Crippen LogP contribution in [0.5, 0.6) is 0 Å².